The Morgan fingerprint density at radius 3 is 1.91 bits per heavy atom. The van der Waals surface area contributed by atoms with Crippen molar-refractivity contribution in [2.75, 3.05) is 20.0 Å². The molecule has 4 nitrogen and oxygen atoms in total. The van der Waals surface area contributed by atoms with Gasteiger partial charge >= 0.3 is 0 Å². The highest BCUT2D eigenvalue weighted by Gasteiger charge is 1.81. The van der Waals surface area contributed by atoms with E-state index in [4.69, 9.17) is 9.29 Å². The molecule has 0 saturated heterocycles. The molecule has 0 radical (unpaired) electrons. The lowest BCUT2D eigenvalue weighted by molar-refractivity contribution is 0.194. The molecule has 0 fully saturated rings. The third-order valence-electron chi connectivity index (χ3n) is 0.702. The van der Waals surface area contributed by atoms with Crippen LogP contribution in [0.25, 0.3) is 0 Å². The number of hydrogen-bond acceptors (Lipinski definition) is 3. The third kappa shape index (κ3) is 74.2. The van der Waals surface area contributed by atoms with Gasteiger partial charge in [-0.05, 0) is 6.42 Å². The molecule has 0 aromatic rings. The van der Waals surface area contributed by atoms with Gasteiger partial charge in [0, 0.05) is 13.7 Å². The zero-order chi connectivity index (χ0) is 9.33. The van der Waals surface area contributed by atoms with Gasteiger partial charge in [-0.1, -0.05) is 13.3 Å². The van der Waals surface area contributed by atoms with E-state index in [1.54, 1.807) is 7.11 Å². The topological polar surface area (TPSA) is 63.6 Å². The highest BCUT2D eigenvalue weighted by Crippen LogP contribution is 1.83. The molecule has 0 unspecified atom stereocenters. The molecule has 0 amide bonds. The Morgan fingerprint density at radius 2 is 1.82 bits per heavy atom. The van der Waals surface area contributed by atoms with Crippen molar-refractivity contribution in [3.05, 3.63) is 0 Å². The lowest BCUT2D eigenvalue weighted by Crippen LogP contribution is -1.88. The highest BCUT2D eigenvalue weighted by atomic mass is 32.2. The normalized spacial score (nSPS) is 10.2. The average molecular weight is 184 g/mol. The minimum absolute atomic E-state index is 0.715. The molecule has 0 spiro atoms. The van der Waals surface area contributed by atoms with E-state index in [0.717, 1.165) is 6.61 Å². The molecule has 0 aromatic heterocycles. The molecule has 0 aromatic carbocycles. The lowest BCUT2D eigenvalue weighted by Gasteiger charge is -1.89. The molecule has 11 heavy (non-hydrogen) atoms. The predicted octanol–water partition coefficient (Wildman–Crippen LogP) is 0.937. The van der Waals surface area contributed by atoms with Crippen LogP contribution in [0.15, 0.2) is 0 Å². The van der Waals surface area contributed by atoms with Crippen molar-refractivity contribution in [2.45, 2.75) is 19.8 Å². The molecule has 1 N–H and O–H groups in total. The van der Waals surface area contributed by atoms with Crippen LogP contribution < -0.4 is 0 Å². The summed E-state index contributed by atoms with van der Waals surface area (Å²) in [6.45, 7) is 3.07. The first kappa shape index (κ1) is 13.5. The van der Waals surface area contributed by atoms with Gasteiger partial charge in [0.1, 0.15) is 0 Å². The van der Waals surface area contributed by atoms with Gasteiger partial charge in [-0.25, -0.2) is 0 Å². The van der Waals surface area contributed by atoms with Crippen molar-refractivity contribution >= 4 is 10.1 Å². The second-order valence-electron chi connectivity index (χ2n) is 2.08. The summed E-state index contributed by atoms with van der Waals surface area (Å²) in [6, 6.07) is 0. The van der Waals surface area contributed by atoms with Gasteiger partial charge in [0.2, 0.25) is 0 Å². The Hall–Kier alpha value is -0.130. The summed E-state index contributed by atoms with van der Waals surface area (Å²) >= 11 is 0. The first-order chi connectivity index (χ1) is 4.91. The van der Waals surface area contributed by atoms with E-state index in [1.807, 2.05) is 0 Å². The smallest absolute Gasteiger partial charge is 0.261 e. The van der Waals surface area contributed by atoms with Crippen LogP contribution in [0.4, 0.5) is 0 Å². The van der Waals surface area contributed by atoms with Gasteiger partial charge in [-0.15, -0.1) is 0 Å². The molecule has 0 rings (SSSR count). The first-order valence-corrected chi connectivity index (χ1v) is 5.18. The monoisotopic (exact) mass is 184 g/mol. The van der Waals surface area contributed by atoms with Crippen LogP contribution in [0.3, 0.4) is 0 Å². The van der Waals surface area contributed by atoms with Crippen molar-refractivity contribution in [2.24, 2.45) is 0 Å². The van der Waals surface area contributed by atoms with Gasteiger partial charge in [-0.2, -0.15) is 8.42 Å². The summed E-state index contributed by atoms with van der Waals surface area (Å²) in [4.78, 5) is 0. The molecule has 0 aliphatic heterocycles. The second-order valence-corrected chi connectivity index (χ2v) is 3.55. The van der Waals surface area contributed by atoms with Crippen LogP contribution in [0.1, 0.15) is 19.8 Å². The molecule has 0 bridgehead atoms. The fraction of sp³-hybridized carbons (Fsp3) is 1.00. The van der Waals surface area contributed by atoms with Crippen molar-refractivity contribution in [3.63, 3.8) is 0 Å². The second kappa shape index (κ2) is 7.97. The van der Waals surface area contributed by atoms with Crippen molar-refractivity contribution < 1.29 is 17.7 Å². The average Bonchev–Trinajstić information content (AvgIpc) is 1.79. The molecule has 70 valence electrons. The van der Waals surface area contributed by atoms with E-state index in [9.17, 15) is 8.42 Å². The minimum Gasteiger partial charge on any atom is -0.385 e. The SMILES string of the molecule is CCCCOC.CS(=O)(=O)O. The number of ether oxygens (including phenoxy) is 1. The van der Waals surface area contributed by atoms with E-state index in [2.05, 4.69) is 6.92 Å². The van der Waals surface area contributed by atoms with Gasteiger partial charge in [-0.3, -0.25) is 4.55 Å². The zero-order valence-corrected chi connectivity index (χ0v) is 8.02. The Kier molecular flexibility index (Phi) is 9.75. The Labute approximate surface area is 68.3 Å². The van der Waals surface area contributed by atoms with Crippen molar-refractivity contribution in [3.8, 4) is 0 Å². The molecular formula is C6H16O4S. The van der Waals surface area contributed by atoms with Gasteiger partial charge in [0.25, 0.3) is 10.1 Å². The maximum absolute atomic E-state index is 9.19. The molecule has 5 heteroatoms. The molecule has 0 atom stereocenters. The van der Waals surface area contributed by atoms with Crippen LogP contribution in [0.5, 0.6) is 0 Å². The minimum atomic E-state index is -3.67. The maximum Gasteiger partial charge on any atom is 0.261 e. The van der Waals surface area contributed by atoms with Crippen LogP contribution in [0.2, 0.25) is 0 Å². The molecule has 0 saturated carbocycles. The van der Waals surface area contributed by atoms with Gasteiger partial charge in [0.15, 0.2) is 0 Å². The summed E-state index contributed by atoms with van der Waals surface area (Å²) in [5.74, 6) is 0. The molecular weight excluding hydrogens is 168 g/mol. The van der Waals surface area contributed by atoms with Crippen LogP contribution in [-0.4, -0.2) is 32.9 Å². The van der Waals surface area contributed by atoms with E-state index in [-0.39, 0.29) is 0 Å². The first-order valence-electron chi connectivity index (χ1n) is 3.33. The zero-order valence-electron chi connectivity index (χ0n) is 7.20. The summed E-state index contributed by atoms with van der Waals surface area (Å²) in [5.41, 5.74) is 0. The van der Waals surface area contributed by atoms with Crippen molar-refractivity contribution in [1.82, 2.24) is 0 Å². The number of rotatable bonds is 3. The summed E-state index contributed by atoms with van der Waals surface area (Å²) in [7, 11) is -1.93. The predicted molar refractivity (Wildman–Crippen MR) is 44.3 cm³/mol. The fourth-order valence-electron chi connectivity index (χ4n) is 0.289. The van der Waals surface area contributed by atoms with Crippen LogP contribution in [-0.2, 0) is 14.9 Å². The summed E-state index contributed by atoms with van der Waals surface area (Å²) < 4.78 is 30.7. The molecule has 0 aliphatic carbocycles. The Bertz CT molecular complexity index is 138. The molecule has 0 heterocycles. The maximum atomic E-state index is 9.19. The number of hydrogen-bond donors (Lipinski definition) is 1. The van der Waals surface area contributed by atoms with E-state index in [0.29, 0.717) is 6.26 Å². The van der Waals surface area contributed by atoms with Gasteiger partial charge < -0.3 is 4.74 Å². The van der Waals surface area contributed by atoms with Crippen LogP contribution >= 0.6 is 0 Å². The third-order valence-corrected chi connectivity index (χ3v) is 0.702. The Balaban J connectivity index is 0. The van der Waals surface area contributed by atoms with E-state index < -0.39 is 10.1 Å². The van der Waals surface area contributed by atoms with E-state index >= 15 is 0 Å². The quantitative estimate of drug-likeness (QED) is 0.523. The standard InChI is InChI=1S/C5H12O.CH4O3S/c1-3-4-5-6-2;1-5(2,3)4/h3-5H2,1-2H3;1H3,(H,2,3,4). The summed E-state index contributed by atoms with van der Waals surface area (Å²) in [5, 5.41) is 0. The van der Waals surface area contributed by atoms with E-state index in [1.165, 1.54) is 12.8 Å². The van der Waals surface area contributed by atoms with Crippen molar-refractivity contribution in [1.29, 1.82) is 0 Å². The van der Waals surface area contributed by atoms with Gasteiger partial charge in [0.05, 0.1) is 6.26 Å². The fourth-order valence-corrected chi connectivity index (χ4v) is 0.289. The molecule has 0 aliphatic rings. The summed E-state index contributed by atoms with van der Waals surface area (Å²) in [6.07, 6.45) is 3.14. The largest absolute Gasteiger partial charge is 0.385 e. The highest BCUT2D eigenvalue weighted by molar-refractivity contribution is 7.85. The number of unbranched alkanes of at least 4 members (excludes halogenated alkanes) is 1. The lowest BCUT2D eigenvalue weighted by atomic mass is 10.4. The number of methoxy groups -OCH3 is 1. The van der Waals surface area contributed by atoms with Crippen LogP contribution in [0, 0.1) is 0 Å². The Morgan fingerprint density at radius 1 is 1.45 bits per heavy atom.